The largest absolute Gasteiger partial charge is 0.481 e. The number of rotatable bonds is 5. The van der Waals surface area contributed by atoms with Crippen LogP contribution in [0, 0.1) is 0 Å². The third-order valence-corrected chi connectivity index (χ3v) is 3.18. The zero-order chi connectivity index (χ0) is 16.0. The molecule has 3 N–H and O–H groups in total. The highest BCUT2D eigenvalue weighted by atomic mass is 16.4. The highest BCUT2D eigenvalue weighted by Gasteiger charge is 2.13. The summed E-state index contributed by atoms with van der Waals surface area (Å²) in [6.45, 7) is 8.18. The maximum absolute atomic E-state index is 11.8. The van der Waals surface area contributed by atoms with Crippen LogP contribution in [-0.2, 0) is 10.2 Å². The van der Waals surface area contributed by atoms with Crippen molar-refractivity contribution in [2.45, 2.75) is 52.0 Å². The SMILES string of the molecule is CC(CCC(=O)O)NC(=O)Nc1ccc(C(C)(C)C)cc1. The van der Waals surface area contributed by atoms with Crippen molar-refractivity contribution in [3.05, 3.63) is 29.8 Å². The summed E-state index contributed by atoms with van der Waals surface area (Å²) in [4.78, 5) is 22.2. The van der Waals surface area contributed by atoms with Crippen LogP contribution < -0.4 is 10.6 Å². The molecule has 0 aliphatic rings. The summed E-state index contributed by atoms with van der Waals surface area (Å²) in [5.41, 5.74) is 1.99. The second-order valence-electron chi connectivity index (χ2n) is 6.26. The summed E-state index contributed by atoms with van der Waals surface area (Å²) in [5, 5.41) is 14.1. The average Bonchev–Trinajstić information content (AvgIpc) is 2.35. The normalized spacial score (nSPS) is 12.6. The smallest absolute Gasteiger partial charge is 0.319 e. The van der Waals surface area contributed by atoms with Crippen LogP contribution >= 0.6 is 0 Å². The fraction of sp³-hybridized carbons (Fsp3) is 0.500. The molecule has 1 aromatic rings. The number of anilines is 1. The van der Waals surface area contributed by atoms with E-state index in [2.05, 4.69) is 31.4 Å². The maximum atomic E-state index is 11.8. The first-order valence-corrected chi connectivity index (χ1v) is 7.08. The first-order valence-electron chi connectivity index (χ1n) is 7.08. The van der Waals surface area contributed by atoms with E-state index in [1.165, 1.54) is 5.56 Å². The fourth-order valence-corrected chi connectivity index (χ4v) is 1.86. The Balaban J connectivity index is 2.49. The fourth-order valence-electron chi connectivity index (χ4n) is 1.86. The van der Waals surface area contributed by atoms with Crippen molar-refractivity contribution in [3.63, 3.8) is 0 Å². The molecule has 1 aromatic carbocycles. The zero-order valence-corrected chi connectivity index (χ0v) is 13.1. The van der Waals surface area contributed by atoms with Gasteiger partial charge in [-0.2, -0.15) is 0 Å². The zero-order valence-electron chi connectivity index (χ0n) is 13.1. The van der Waals surface area contributed by atoms with Crippen molar-refractivity contribution in [1.82, 2.24) is 5.32 Å². The molecule has 1 unspecified atom stereocenters. The van der Waals surface area contributed by atoms with Gasteiger partial charge in [0, 0.05) is 18.2 Å². The quantitative estimate of drug-likeness (QED) is 0.778. The molecular formula is C16H24N2O3. The van der Waals surface area contributed by atoms with Gasteiger partial charge in [0.2, 0.25) is 0 Å². The van der Waals surface area contributed by atoms with Crippen LogP contribution in [0.5, 0.6) is 0 Å². The third-order valence-electron chi connectivity index (χ3n) is 3.18. The van der Waals surface area contributed by atoms with Crippen molar-refractivity contribution >= 4 is 17.7 Å². The molecule has 0 fully saturated rings. The van der Waals surface area contributed by atoms with Gasteiger partial charge in [-0.25, -0.2) is 4.79 Å². The number of carbonyl (C=O) groups excluding carboxylic acids is 1. The number of carbonyl (C=O) groups is 2. The Kier molecular flexibility index (Phi) is 5.76. The van der Waals surface area contributed by atoms with E-state index in [0.717, 1.165) is 0 Å². The van der Waals surface area contributed by atoms with Crippen LogP contribution in [0.15, 0.2) is 24.3 Å². The predicted octanol–water partition coefficient (Wildman–Crippen LogP) is 3.36. The summed E-state index contributed by atoms with van der Waals surface area (Å²) in [5.74, 6) is -0.859. The van der Waals surface area contributed by atoms with Gasteiger partial charge in [0.05, 0.1) is 0 Å². The lowest BCUT2D eigenvalue weighted by Gasteiger charge is -2.19. The molecule has 5 nitrogen and oxygen atoms in total. The minimum Gasteiger partial charge on any atom is -0.481 e. The highest BCUT2D eigenvalue weighted by molar-refractivity contribution is 5.89. The third kappa shape index (κ3) is 6.29. The Morgan fingerprint density at radius 1 is 1.19 bits per heavy atom. The van der Waals surface area contributed by atoms with E-state index in [1.807, 2.05) is 24.3 Å². The van der Waals surface area contributed by atoms with Gasteiger partial charge in [-0.3, -0.25) is 4.79 Å². The molecule has 0 saturated heterocycles. The molecule has 1 rings (SSSR count). The Bertz CT molecular complexity index is 489. The van der Waals surface area contributed by atoms with E-state index in [9.17, 15) is 9.59 Å². The van der Waals surface area contributed by atoms with Crippen LogP contribution in [-0.4, -0.2) is 23.1 Å². The monoisotopic (exact) mass is 292 g/mol. The Hall–Kier alpha value is -2.04. The first-order chi connectivity index (χ1) is 9.68. The van der Waals surface area contributed by atoms with E-state index < -0.39 is 5.97 Å². The first kappa shape index (κ1) is 17.0. The summed E-state index contributed by atoms with van der Waals surface area (Å²) >= 11 is 0. The van der Waals surface area contributed by atoms with E-state index in [0.29, 0.717) is 12.1 Å². The van der Waals surface area contributed by atoms with Gasteiger partial charge in [-0.1, -0.05) is 32.9 Å². The van der Waals surface area contributed by atoms with Crippen molar-refractivity contribution < 1.29 is 14.7 Å². The van der Waals surface area contributed by atoms with Gasteiger partial charge in [-0.15, -0.1) is 0 Å². The number of hydrogen-bond acceptors (Lipinski definition) is 2. The minimum absolute atomic E-state index is 0.0434. The van der Waals surface area contributed by atoms with Gasteiger partial charge in [0.25, 0.3) is 0 Å². The molecule has 0 aromatic heterocycles. The van der Waals surface area contributed by atoms with E-state index >= 15 is 0 Å². The predicted molar refractivity (Wildman–Crippen MR) is 83.6 cm³/mol. The molecule has 5 heteroatoms. The summed E-state index contributed by atoms with van der Waals surface area (Å²) < 4.78 is 0. The molecule has 0 spiro atoms. The standard InChI is InChI=1S/C16H24N2O3/c1-11(5-10-14(19)20)17-15(21)18-13-8-6-12(7-9-13)16(2,3)4/h6-9,11H,5,10H2,1-4H3,(H,19,20)(H2,17,18,21). The highest BCUT2D eigenvalue weighted by Crippen LogP contribution is 2.23. The van der Waals surface area contributed by atoms with Gasteiger partial charge in [0.15, 0.2) is 0 Å². The molecule has 116 valence electrons. The number of urea groups is 1. The molecule has 0 heterocycles. The average molecular weight is 292 g/mol. The van der Waals surface area contributed by atoms with Crippen LogP contribution in [0.1, 0.15) is 46.1 Å². The molecule has 2 amide bonds. The summed E-state index contributed by atoms with van der Waals surface area (Å²) in [6.07, 6.45) is 0.452. The number of benzene rings is 1. The van der Waals surface area contributed by atoms with E-state index in [4.69, 9.17) is 5.11 Å². The lowest BCUT2D eigenvalue weighted by atomic mass is 9.87. The topological polar surface area (TPSA) is 78.4 Å². The molecule has 0 radical (unpaired) electrons. The molecule has 0 aliphatic heterocycles. The number of aliphatic carboxylic acids is 1. The van der Waals surface area contributed by atoms with Crippen LogP contribution in [0.4, 0.5) is 10.5 Å². The Morgan fingerprint density at radius 2 is 1.76 bits per heavy atom. The molecule has 0 aliphatic carbocycles. The van der Waals surface area contributed by atoms with Crippen LogP contribution in [0.2, 0.25) is 0 Å². The molecule has 21 heavy (non-hydrogen) atoms. The van der Waals surface area contributed by atoms with Crippen molar-refractivity contribution in [2.24, 2.45) is 0 Å². The van der Waals surface area contributed by atoms with Gasteiger partial charge < -0.3 is 15.7 Å². The minimum atomic E-state index is -0.859. The summed E-state index contributed by atoms with van der Waals surface area (Å²) in [7, 11) is 0. The maximum Gasteiger partial charge on any atom is 0.319 e. The van der Waals surface area contributed by atoms with Gasteiger partial charge >= 0.3 is 12.0 Å². The van der Waals surface area contributed by atoms with Crippen LogP contribution in [0.3, 0.4) is 0 Å². The number of amides is 2. The lowest BCUT2D eigenvalue weighted by molar-refractivity contribution is -0.137. The van der Waals surface area contributed by atoms with Crippen molar-refractivity contribution in [2.75, 3.05) is 5.32 Å². The Morgan fingerprint density at radius 3 is 2.24 bits per heavy atom. The van der Waals surface area contributed by atoms with E-state index in [1.54, 1.807) is 6.92 Å². The van der Waals surface area contributed by atoms with Gasteiger partial charge in [0.1, 0.15) is 0 Å². The van der Waals surface area contributed by atoms with E-state index in [-0.39, 0.29) is 23.9 Å². The second-order valence-corrected chi connectivity index (χ2v) is 6.26. The van der Waals surface area contributed by atoms with Crippen molar-refractivity contribution in [3.8, 4) is 0 Å². The molecule has 0 bridgehead atoms. The second kappa shape index (κ2) is 7.11. The van der Waals surface area contributed by atoms with Crippen molar-refractivity contribution in [1.29, 1.82) is 0 Å². The number of carboxylic acid groups (broad SMARTS) is 1. The van der Waals surface area contributed by atoms with Crippen LogP contribution in [0.25, 0.3) is 0 Å². The number of carboxylic acids is 1. The molecule has 1 atom stereocenters. The lowest BCUT2D eigenvalue weighted by Crippen LogP contribution is -2.36. The van der Waals surface area contributed by atoms with Gasteiger partial charge in [-0.05, 0) is 36.5 Å². The number of nitrogens with one attached hydrogen (secondary N) is 2. The molecular weight excluding hydrogens is 268 g/mol. The number of hydrogen-bond donors (Lipinski definition) is 3. The summed E-state index contributed by atoms with van der Waals surface area (Å²) in [6, 6.07) is 7.20. The Labute approximate surface area is 125 Å². The molecule has 0 saturated carbocycles.